The average Bonchev–Trinajstić information content (AvgIpc) is 2.64. The molecule has 0 spiro atoms. The summed E-state index contributed by atoms with van der Waals surface area (Å²) in [7, 11) is 1.47. The molecule has 2 amide bonds. The fraction of sp³-hybridized carbons (Fsp3) is 0.250. The van der Waals surface area contributed by atoms with Crippen LogP contribution in [-0.2, 0) is 9.59 Å². The lowest BCUT2D eigenvalue weighted by molar-refractivity contribution is -0.123. The number of benzene rings is 2. The number of hydrazone groups is 1. The number of carbonyl (C=O) groups excluding carboxylic acids is 2. The highest BCUT2D eigenvalue weighted by atomic mass is 16.5. The standard InChI is InChI=1S/C20H23N3O5/c1-13-6-14(2)8-16(7-13)27-12-20(25)23-22-10-15-4-5-17(18(9-15)26-3)28-11-19(21)24/h4-10H,11-12H2,1-3H3,(H2,21,24)(H,23,25)/b22-10-. The molecule has 0 aromatic heterocycles. The van der Waals surface area contributed by atoms with Gasteiger partial charge in [-0.2, -0.15) is 5.10 Å². The normalized spacial score (nSPS) is 10.5. The lowest BCUT2D eigenvalue weighted by Gasteiger charge is -2.09. The highest BCUT2D eigenvalue weighted by Gasteiger charge is 2.07. The van der Waals surface area contributed by atoms with E-state index in [-0.39, 0.29) is 19.1 Å². The molecule has 0 unspecified atom stereocenters. The molecule has 0 aliphatic carbocycles. The third kappa shape index (κ3) is 6.64. The third-order valence-corrected chi connectivity index (χ3v) is 3.53. The quantitative estimate of drug-likeness (QED) is 0.504. The molecule has 0 fully saturated rings. The minimum atomic E-state index is -0.585. The number of nitrogens with two attached hydrogens (primary N) is 1. The van der Waals surface area contributed by atoms with Gasteiger partial charge in [-0.25, -0.2) is 5.43 Å². The van der Waals surface area contributed by atoms with Crippen LogP contribution in [-0.4, -0.2) is 38.4 Å². The first-order chi connectivity index (χ1) is 13.4. The van der Waals surface area contributed by atoms with Gasteiger partial charge in [0.2, 0.25) is 0 Å². The van der Waals surface area contributed by atoms with Crippen LogP contribution < -0.4 is 25.4 Å². The minimum Gasteiger partial charge on any atom is -0.493 e. The topological polar surface area (TPSA) is 112 Å². The molecule has 0 saturated heterocycles. The monoisotopic (exact) mass is 385 g/mol. The van der Waals surface area contributed by atoms with Gasteiger partial charge in [-0.05, 0) is 60.9 Å². The van der Waals surface area contributed by atoms with E-state index in [4.69, 9.17) is 19.9 Å². The SMILES string of the molecule is COc1cc(/C=N\NC(=O)COc2cc(C)cc(C)c2)ccc1OCC(N)=O. The van der Waals surface area contributed by atoms with E-state index in [1.807, 2.05) is 32.0 Å². The Morgan fingerprint density at radius 3 is 2.39 bits per heavy atom. The van der Waals surface area contributed by atoms with Crippen molar-refractivity contribution >= 4 is 18.0 Å². The maximum Gasteiger partial charge on any atom is 0.277 e. The summed E-state index contributed by atoms with van der Waals surface area (Å²) in [6.45, 7) is 3.52. The largest absolute Gasteiger partial charge is 0.493 e. The Bertz CT molecular complexity index is 860. The van der Waals surface area contributed by atoms with Crippen molar-refractivity contribution in [3.8, 4) is 17.2 Å². The van der Waals surface area contributed by atoms with Gasteiger partial charge in [0.1, 0.15) is 5.75 Å². The summed E-state index contributed by atoms with van der Waals surface area (Å²) in [6.07, 6.45) is 1.45. The molecule has 0 saturated carbocycles. The number of rotatable bonds is 9. The number of nitrogens with one attached hydrogen (secondary N) is 1. The molecule has 0 radical (unpaired) electrons. The molecule has 8 nitrogen and oxygen atoms in total. The molecule has 2 rings (SSSR count). The second-order valence-corrected chi connectivity index (χ2v) is 6.07. The molecular formula is C20H23N3O5. The Labute approximate surface area is 163 Å². The van der Waals surface area contributed by atoms with Crippen LogP contribution >= 0.6 is 0 Å². The van der Waals surface area contributed by atoms with E-state index in [2.05, 4.69) is 10.5 Å². The lowest BCUT2D eigenvalue weighted by atomic mass is 10.1. The number of hydrogen-bond acceptors (Lipinski definition) is 6. The highest BCUT2D eigenvalue weighted by molar-refractivity contribution is 5.83. The number of nitrogens with zero attached hydrogens (tertiary/aromatic N) is 1. The molecule has 0 atom stereocenters. The van der Waals surface area contributed by atoms with Crippen molar-refractivity contribution < 1.29 is 23.8 Å². The van der Waals surface area contributed by atoms with E-state index < -0.39 is 5.91 Å². The number of aryl methyl sites for hydroxylation is 2. The van der Waals surface area contributed by atoms with Crippen LogP contribution in [0.5, 0.6) is 17.2 Å². The smallest absolute Gasteiger partial charge is 0.277 e. The maximum absolute atomic E-state index is 11.9. The zero-order valence-electron chi connectivity index (χ0n) is 16.0. The Morgan fingerprint density at radius 1 is 1.04 bits per heavy atom. The van der Waals surface area contributed by atoms with Crippen molar-refractivity contribution in [2.24, 2.45) is 10.8 Å². The van der Waals surface area contributed by atoms with E-state index in [1.54, 1.807) is 18.2 Å². The minimum absolute atomic E-state index is 0.149. The molecule has 0 aliphatic rings. The van der Waals surface area contributed by atoms with Crippen LogP contribution in [0.25, 0.3) is 0 Å². The molecule has 28 heavy (non-hydrogen) atoms. The summed E-state index contributed by atoms with van der Waals surface area (Å²) in [5.41, 5.74) is 10.2. The summed E-state index contributed by atoms with van der Waals surface area (Å²) in [6, 6.07) is 10.7. The molecule has 0 aliphatic heterocycles. The third-order valence-electron chi connectivity index (χ3n) is 3.53. The summed E-state index contributed by atoms with van der Waals surface area (Å²) in [4.78, 5) is 22.7. The van der Waals surface area contributed by atoms with Gasteiger partial charge in [-0.3, -0.25) is 9.59 Å². The summed E-state index contributed by atoms with van der Waals surface area (Å²) >= 11 is 0. The molecule has 0 heterocycles. The van der Waals surface area contributed by atoms with Gasteiger partial charge in [-0.15, -0.1) is 0 Å². The molecule has 148 valence electrons. The van der Waals surface area contributed by atoms with Gasteiger partial charge in [-0.1, -0.05) is 6.07 Å². The van der Waals surface area contributed by atoms with Crippen LogP contribution in [0.1, 0.15) is 16.7 Å². The van der Waals surface area contributed by atoms with Gasteiger partial charge in [0.25, 0.3) is 11.8 Å². The number of ether oxygens (including phenoxy) is 3. The zero-order valence-corrected chi connectivity index (χ0v) is 16.0. The fourth-order valence-electron chi connectivity index (χ4n) is 2.41. The molecule has 3 N–H and O–H groups in total. The summed E-state index contributed by atoms with van der Waals surface area (Å²) in [5.74, 6) is 0.453. The van der Waals surface area contributed by atoms with E-state index >= 15 is 0 Å². The first-order valence-electron chi connectivity index (χ1n) is 8.49. The van der Waals surface area contributed by atoms with Gasteiger partial charge in [0.15, 0.2) is 24.7 Å². The van der Waals surface area contributed by atoms with E-state index in [1.165, 1.54) is 13.3 Å². The van der Waals surface area contributed by atoms with Crippen LogP contribution in [0, 0.1) is 13.8 Å². The van der Waals surface area contributed by atoms with Gasteiger partial charge in [0.05, 0.1) is 13.3 Å². The van der Waals surface area contributed by atoms with Gasteiger partial charge in [0, 0.05) is 0 Å². The van der Waals surface area contributed by atoms with Crippen LogP contribution in [0.15, 0.2) is 41.5 Å². The van der Waals surface area contributed by atoms with Crippen LogP contribution in [0.3, 0.4) is 0 Å². The van der Waals surface area contributed by atoms with Crippen molar-refractivity contribution in [2.45, 2.75) is 13.8 Å². The van der Waals surface area contributed by atoms with E-state index in [0.717, 1.165) is 11.1 Å². The molecule has 2 aromatic rings. The zero-order chi connectivity index (χ0) is 20.5. The van der Waals surface area contributed by atoms with Crippen molar-refractivity contribution in [3.05, 3.63) is 53.1 Å². The average molecular weight is 385 g/mol. The number of hydrogen-bond donors (Lipinski definition) is 2. The first kappa shape index (κ1) is 20.8. The highest BCUT2D eigenvalue weighted by Crippen LogP contribution is 2.27. The maximum atomic E-state index is 11.9. The Morgan fingerprint density at radius 2 is 1.75 bits per heavy atom. The van der Waals surface area contributed by atoms with E-state index in [9.17, 15) is 9.59 Å². The van der Waals surface area contributed by atoms with Crippen LogP contribution in [0.4, 0.5) is 0 Å². The summed E-state index contributed by atoms with van der Waals surface area (Å²) in [5, 5.41) is 3.89. The molecular weight excluding hydrogens is 362 g/mol. The molecule has 0 bridgehead atoms. The van der Waals surface area contributed by atoms with Gasteiger partial charge < -0.3 is 19.9 Å². The number of primary amides is 1. The van der Waals surface area contributed by atoms with Gasteiger partial charge >= 0.3 is 0 Å². The predicted octanol–water partition coefficient (Wildman–Crippen LogP) is 1.71. The predicted molar refractivity (Wildman–Crippen MR) is 105 cm³/mol. The Balaban J connectivity index is 1.89. The Kier molecular flexibility index (Phi) is 7.38. The van der Waals surface area contributed by atoms with Crippen molar-refractivity contribution in [1.29, 1.82) is 0 Å². The second-order valence-electron chi connectivity index (χ2n) is 6.07. The van der Waals surface area contributed by atoms with Crippen molar-refractivity contribution in [3.63, 3.8) is 0 Å². The van der Waals surface area contributed by atoms with E-state index in [0.29, 0.717) is 22.8 Å². The number of amides is 2. The first-order valence-corrected chi connectivity index (χ1v) is 8.49. The number of carbonyl (C=O) groups is 2. The van der Waals surface area contributed by atoms with Crippen molar-refractivity contribution in [2.75, 3.05) is 20.3 Å². The van der Waals surface area contributed by atoms with Crippen LogP contribution in [0.2, 0.25) is 0 Å². The molecule has 8 heteroatoms. The summed E-state index contributed by atoms with van der Waals surface area (Å²) < 4.78 is 15.9. The second kappa shape index (κ2) is 9.96. The van der Waals surface area contributed by atoms with Crippen molar-refractivity contribution in [1.82, 2.24) is 5.43 Å². The number of methoxy groups -OCH3 is 1. The lowest BCUT2D eigenvalue weighted by Crippen LogP contribution is -2.24. The molecule has 2 aromatic carbocycles. The fourth-order valence-corrected chi connectivity index (χ4v) is 2.41. The Hall–Kier alpha value is -3.55.